The van der Waals surface area contributed by atoms with Crippen molar-refractivity contribution in [3.05, 3.63) is 179 Å². The van der Waals surface area contributed by atoms with Crippen LogP contribution in [-0.4, -0.2) is 185 Å². The molecule has 6 aromatic carbocycles. The summed E-state index contributed by atoms with van der Waals surface area (Å²) < 4.78 is 21.7. The number of primary sulfonamides is 1. The number of nitrogens with one attached hydrogen (secondary N) is 12. The number of hydrogen-bond donors (Lipinski definition) is 18. The smallest absolute Gasteiger partial charge is 0.284 e. The van der Waals surface area contributed by atoms with Gasteiger partial charge in [0.2, 0.25) is 39.6 Å². The first kappa shape index (κ1) is 122. The molecule has 6 aromatic rings. The monoisotopic (exact) mass is 2070 g/mol. The first-order valence-electron chi connectivity index (χ1n) is 45.2. The van der Waals surface area contributed by atoms with E-state index in [-0.39, 0.29) is 153 Å². The number of amides is 17. The van der Waals surface area contributed by atoms with E-state index in [9.17, 15) is 89.9 Å². The minimum absolute atomic E-state index is 0.0720. The van der Waals surface area contributed by atoms with Crippen molar-refractivity contribution in [2.45, 2.75) is 257 Å². The minimum atomic E-state index is -3.63. The molecule has 0 heterocycles. The molecule has 44 heteroatoms. The number of hydrogen-bond acceptors (Lipinski definition) is 25. The maximum atomic E-state index is 12.5. The van der Waals surface area contributed by atoms with E-state index in [1.807, 2.05) is 62.3 Å². The number of sulfonamides is 1. The lowest BCUT2D eigenvalue weighted by Gasteiger charge is -2.33. The summed E-state index contributed by atoms with van der Waals surface area (Å²) in [5, 5.41) is 36.6. The number of carbonyl (C=O) groups is 17. The first-order chi connectivity index (χ1) is 65.6. The molecule has 140 heavy (non-hydrogen) atoms. The number of thioether (sulfide) groups is 6. The third-order valence-corrected chi connectivity index (χ3v) is 24.9. The third-order valence-electron chi connectivity index (χ3n) is 18.9. The van der Waals surface area contributed by atoms with Crippen molar-refractivity contribution in [2.24, 2.45) is 39.2 Å². The molecule has 2 fully saturated rings. The fourth-order valence-corrected chi connectivity index (χ4v) is 18.6. The fourth-order valence-electron chi connectivity index (χ4n) is 12.8. The first-order valence-corrected chi connectivity index (χ1v) is 51.9. The molecule has 0 spiro atoms. The highest BCUT2D eigenvalue weighted by atomic mass is 32.2. The van der Waals surface area contributed by atoms with E-state index in [0.717, 1.165) is 141 Å². The predicted octanol–water partition coefficient (Wildman–Crippen LogP) is 12.9. The van der Waals surface area contributed by atoms with Gasteiger partial charge in [-0.25, -0.2) is 13.6 Å². The van der Waals surface area contributed by atoms with E-state index in [1.54, 1.807) is 146 Å². The Morgan fingerprint density at radius 3 is 0.864 bits per heavy atom. The van der Waals surface area contributed by atoms with Gasteiger partial charge in [0, 0.05) is 123 Å². The molecule has 37 nitrogen and oxygen atoms in total. The van der Waals surface area contributed by atoms with Gasteiger partial charge < -0.3 is 92.5 Å². The standard InChI is InChI=1S/C19H29N3O3S.C17H23N3O3S.C16H21N3O3S.2C15H21N3O3S.C14H21N3O4S2/c1-18(2,3)12-19(4,5)22-17(25)26-14-9-7-6-8-13(14)16(24)21-11-10-15(20)23;18-15(21)10-11-19-16(22)13-8-4-5-9-14(13)24-17(23)20-12-6-2-1-3-7-12;17-14(20)9-10-18-15(21)12-7-3-4-8-13(12)23-16(22)19-11-5-1-2-6-11;1-9(12(16)19)17-13(20)10-7-5-6-8-11(10)22-14(21)18-15(2,3)4;1-15(2,3)18-14(21)22-11-7-5-4-6-10(11)13(20)17-9-8-12(16)19;1-2-3-8-17-14(19)22-12-7-5-4-6-11(12)13(18)16-9-10-23(15,20)21/h6-9H,10-12H2,1-5H3,(H2,20,23)(H,21,24)(H,22,25);4-5,8-9,12H,1-3,6-7,10-11H2,(H2,18,21)(H,19,22)(H,20,23);3-4,7-8,11H,1-2,5-6,9-10H2,(H2,17,20)(H,18,21)(H,19,22);5-9H,1-4H3,(H2,16,19)(H,17,20)(H,18,21);4-7H,8-9H2,1-3H3,(H2,16,19)(H,17,20)(H,18,21);4-7H,2-3,8-10H2,1H3,(H,16,18)(H,17,19)(H2,15,20,21)/t;;;9-;;/m...1../s1. The van der Waals surface area contributed by atoms with Gasteiger partial charge in [-0.3, -0.25) is 81.5 Å². The zero-order valence-electron chi connectivity index (χ0n) is 81.4. The molecule has 0 unspecified atom stereocenters. The van der Waals surface area contributed by atoms with Gasteiger partial charge in [0.15, 0.2) is 0 Å². The van der Waals surface area contributed by atoms with Gasteiger partial charge in [0.25, 0.3) is 66.9 Å². The molecule has 0 aliphatic heterocycles. The number of primary amides is 5. The average molecular weight is 2070 g/mol. The molecule has 2 saturated carbocycles. The van der Waals surface area contributed by atoms with Crippen LogP contribution in [-0.2, 0) is 34.0 Å². The van der Waals surface area contributed by atoms with Gasteiger partial charge >= 0.3 is 0 Å². The lowest BCUT2D eigenvalue weighted by Crippen LogP contribution is -2.44. The molecular formula is C96H136N18O19S7. The van der Waals surface area contributed by atoms with Crippen LogP contribution in [0.1, 0.15) is 255 Å². The second-order valence-corrected chi connectivity index (χ2v) is 43.6. The van der Waals surface area contributed by atoms with E-state index in [4.69, 9.17) is 33.8 Å². The minimum Gasteiger partial charge on any atom is -0.370 e. The van der Waals surface area contributed by atoms with E-state index < -0.39 is 57.4 Å². The van der Waals surface area contributed by atoms with Gasteiger partial charge in [-0.1, -0.05) is 139 Å². The summed E-state index contributed by atoms with van der Waals surface area (Å²) in [4.78, 5) is 203. The summed E-state index contributed by atoms with van der Waals surface area (Å²) in [6.07, 6.45) is 12.9. The Kier molecular flexibility index (Phi) is 55.3. The highest BCUT2D eigenvalue weighted by molar-refractivity contribution is 8.15. The number of carbonyl (C=O) groups excluding carboxylic acids is 17. The van der Waals surface area contributed by atoms with Crippen molar-refractivity contribution < 1.29 is 89.9 Å². The Bertz CT molecular complexity index is 5310. The number of benzene rings is 6. The topological polar surface area (TPSA) is 625 Å². The lowest BCUT2D eigenvalue weighted by molar-refractivity contribution is -0.120. The maximum Gasteiger partial charge on any atom is 0.284 e. The van der Waals surface area contributed by atoms with E-state index >= 15 is 0 Å². The molecule has 8 rings (SSSR count). The summed E-state index contributed by atoms with van der Waals surface area (Å²) in [5.74, 6) is -5.06. The van der Waals surface area contributed by atoms with Crippen LogP contribution >= 0.6 is 70.6 Å². The van der Waals surface area contributed by atoms with Crippen LogP contribution in [0.4, 0.5) is 28.8 Å². The normalized spacial score (nSPS) is 12.6. The molecule has 1 atom stereocenters. The Hall–Kier alpha value is -11.7. The summed E-state index contributed by atoms with van der Waals surface area (Å²) in [6.45, 7) is 26.3. The van der Waals surface area contributed by atoms with Crippen molar-refractivity contribution in [1.29, 1.82) is 0 Å². The largest absolute Gasteiger partial charge is 0.370 e. The van der Waals surface area contributed by atoms with Crippen molar-refractivity contribution in [3.8, 4) is 0 Å². The van der Waals surface area contributed by atoms with Crippen LogP contribution in [0.5, 0.6) is 0 Å². The molecule has 2 aliphatic rings. The number of rotatable bonds is 36. The number of nitrogens with two attached hydrogens (primary N) is 6. The Labute approximate surface area is 845 Å². The Morgan fingerprint density at radius 1 is 0.343 bits per heavy atom. The van der Waals surface area contributed by atoms with Crippen LogP contribution in [0, 0.1) is 5.41 Å². The van der Waals surface area contributed by atoms with Crippen LogP contribution in [0.25, 0.3) is 0 Å². The summed E-state index contributed by atoms with van der Waals surface area (Å²) in [7, 11) is -3.63. The SMILES string of the molecule is CC(C)(C)CC(C)(C)NC(=O)Sc1ccccc1C(=O)NCCC(N)=O.CC(C)(C)NC(=O)Sc1ccccc1C(=O)NCCC(N)=O.CCCCNC(=O)Sc1ccccc1C(=O)NCCS(N)(=O)=O.C[C@@H](NC(=O)c1ccccc1SC(=O)NC(C)(C)C)C(N)=O.NC(=O)CCNC(=O)c1ccccc1SC(=O)NC1CCCC1.NC(=O)CCNC(=O)c1ccccc1SC(=O)NC1CCCCC1. The molecule has 24 N–H and O–H groups in total. The van der Waals surface area contributed by atoms with Crippen LogP contribution in [0.3, 0.4) is 0 Å². The zero-order chi connectivity index (χ0) is 105. The van der Waals surface area contributed by atoms with Crippen LogP contribution < -0.4 is 97.6 Å². The molecule has 0 radical (unpaired) electrons. The van der Waals surface area contributed by atoms with Gasteiger partial charge in [-0.05, 0) is 250 Å². The highest BCUT2D eigenvalue weighted by Gasteiger charge is 2.30. The van der Waals surface area contributed by atoms with Crippen molar-refractivity contribution >= 4 is 177 Å². The van der Waals surface area contributed by atoms with Crippen molar-refractivity contribution in [3.63, 3.8) is 0 Å². The average Bonchev–Trinajstić information content (AvgIpc) is 0.952. The zero-order valence-corrected chi connectivity index (χ0v) is 87.1. The highest BCUT2D eigenvalue weighted by Crippen LogP contribution is 2.33. The lowest BCUT2D eigenvalue weighted by atomic mass is 9.82. The summed E-state index contributed by atoms with van der Waals surface area (Å²) in [5.41, 5.74) is 26.6. The van der Waals surface area contributed by atoms with Crippen molar-refractivity contribution in [2.75, 3.05) is 45.0 Å². The fraction of sp³-hybridized carbons (Fsp3) is 0.448. The summed E-state index contributed by atoms with van der Waals surface area (Å²) in [6, 6.07) is 40.6. The molecule has 0 bridgehead atoms. The second kappa shape index (κ2) is 63.2. The van der Waals surface area contributed by atoms with E-state index in [2.05, 4.69) is 84.6 Å². The molecule has 0 saturated heterocycles. The van der Waals surface area contributed by atoms with E-state index in [0.29, 0.717) is 69.3 Å². The maximum absolute atomic E-state index is 12.5. The predicted molar refractivity (Wildman–Crippen MR) is 553 cm³/mol. The quantitative estimate of drug-likeness (QED) is 0.0128. The van der Waals surface area contributed by atoms with Crippen molar-refractivity contribution in [1.82, 2.24) is 63.8 Å². The van der Waals surface area contributed by atoms with Gasteiger partial charge in [0.1, 0.15) is 6.04 Å². The molecular weight excluding hydrogens is 1930 g/mol. The van der Waals surface area contributed by atoms with Gasteiger partial charge in [0.05, 0.1) is 39.1 Å². The second-order valence-electron chi connectivity index (χ2n) is 35.8. The molecule has 766 valence electrons. The van der Waals surface area contributed by atoms with E-state index in [1.165, 1.54) is 13.3 Å². The van der Waals surface area contributed by atoms with Gasteiger partial charge in [-0.2, -0.15) is 0 Å². The number of unbranched alkanes of at least 4 members (excludes halogenated alkanes) is 1. The van der Waals surface area contributed by atoms with Gasteiger partial charge in [-0.15, -0.1) is 0 Å². The summed E-state index contributed by atoms with van der Waals surface area (Å²) >= 11 is 5.87. The molecule has 17 amide bonds. The third kappa shape index (κ3) is 54.8. The molecule has 0 aromatic heterocycles. The molecule has 2 aliphatic carbocycles. The Balaban J connectivity index is 0.000000432. The Morgan fingerprint density at radius 2 is 0.600 bits per heavy atom. The van der Waals surface area contributed by atoms with Crippen LogP contribution in [0.2, 0.25) is 0 Å². The van der Waals surface area contributed by atoms with Crippen LogP contribution in [0.15, 0.2) is 175 Å².